The molecule has 1 atom stereocenters. The predicted octanol–water partition coefficient (Wildman–Crippen LogP) is 1.32. The summed E-state index contributed by atoms with van der Waals surface area (Å²) in [5, 5.41) is 9.62. The molecule has 0 radical (unpaired) electrons. The third kappa shape index (κ3) is 4.45. The molecular weight excluding hydrogens is 285 g/mol. The number of likely N-dealkylation sites (tertiary alicyclic amines) is 1. The number of alkyl halides is 3. The first-order valence-corrected chi connectivity index (χ1v) is 6.83. The van der Waals surface area contributed by atoms with Gasteiger partial charge in [-0.15, -0.1) is 0 Å². The fraction of sp³-hybridized carbons (Fsp3) is 0.692. The van der Waals surface area contributed by atoms with Gasteiger partial charge in [0.15, 0.2) is 0 Å². The molecular formula is C13H19F3N4O. The zero-order valence-corrected chi connectivity index (χ0v) is 12.0. The summed E-state index contributed by atoms with van der Waals surface area (Å²) in [6.07, 6.45) is -3.45. The standard InChI is InChI=1S/C13H19F3N4O/c1-8-11(9(2)19-18-8)5-12(21)17-10-3-4-20(6-10)7-13(14,15)16/h10H,3-7H2,1-2H3,(H,17,21)(H,18,19). The van der Waals surface area contributed by atoms with E-state index in [1.54, 1.807) is 0 Å². The lowest BCUT2D eigenvalue weighted by Crippen LogP contribution is -2.39. The molecule has 0 aromatic carbocycles. The Labute approximate surface area is 120 Å². The summed E-state index contributed by atoms with van der Waals surface area (Å²) in [6, 6.07) is -0.215. The molecule has 1 amide bonds. The number of carbonyl (C=O) groups is 1. The highest BCUT2D eigenvalue weighted by molar-refractivity contribution is 5.79. The summed E-state index contributed by atoms with van der Waals surface area (Å²) >= 11 is 0. The number of amides is 1. The zero-order valence-electron chi connectivity index (χ0n) is 12.0. The normalized spacial score (nSPS) is 20.0. The van der Waals surface area contributed by atoms with Gasteiger partial charge in [0, 0.05) is 30.4 Å². The van der Waals surface area contributed by atoms with Crippen molar-refractivity contribution in [3.05, 3.63) is 17.0 Å². The minimum Gasteiger partial charge on any atom is -0.352 e. The van der Waals surface area contributed by atoms with E-state index >= 15 is 0 Å². The lowest BCUT2D eigenvalue weighted by molar-refractivity contribution is -0.143. The monoisotopic (exact) mass is 304 g/mol. The zero-order chi connectivity index (χ0) is 15.6. The SMILES string of the molecule is Cc1n[nH]c(C)c1CC(=O)NC1CCN(CC(F)(F)F)C1. The van der Waals surface area contributed by atoms with Crippen LogP contribution in [0.1, 0.15) is 23.4 Å². The number of hydrogen-bond acceptors (Lipinski definition) is 3. The number of nitrogens with zero attached hydrogens (tertiary/aromatic N) is 2. The van der Waals surface area contributed by atoms with Gasteiger partial charge in [0.05, 0.1) is 18.7 Å². The molecule has 0 spiro atoms. The molecule has 8 heteroatoms. The highest BCUT2D eigenvalue weighted by Gasteiger charge is 2.34. The van der Waals surface area contributed by atoms with Crippen molar-refractivity contribution in [3.63, 3.8) is 0 Å². The van der Waals surface area contributed by atoms with Crippen LogP contribution in [0.2, 0.25) is 0 Å². The summed E-state index contributed by atoms with van der Waals surface area (Å²) in [5.74, 6) is -0.179. The topological polar surface area (TPSA) is 61.0 Å². The van der Waals surface area contributed by atoms with E-state index in [0.717, 1.165) is 17.0 Å². The van der Waals surface area contributed by atoms with E-state index < -0.39 is 12.7 Å². The average Bonchev–Trinajstić information content (AvgIpc) is 2.88. The number of halogens is 3. The Balaban J connectivity index is 1.82. The van der Waals surface area contributed by atoms with Gasteiger partial charge in [-0.3, -0.25) is 14.8 Å². The molecule has 1 aromatic rings. The van der Waals surface area contributed by atoms with Crippen molar-refractivity contribution in [1.82, 2.24) is 20.4 Å². The first kappa shape index (κ1) is 15.8. The third-order valence-electron chi connectivity index (χ3n) is 3.66. The molecule has 1 unspecified atom stereocenters. The molecule has 1 saturated heterocycles. The van der Waals surface area contributed by atoms with Gasteiger partial charge in [-0.05, 0) is 20.3 Å². The van der Waals surface area contributed by atoms with E-state index in [9.17, 15) is 18.0 Å². The second-order valence-electron chi connectivity index (χ2n) is 5.49. The number of rotatable bonds is 4. The minimum absolute atomic E-state index is 0.179. The van der Waals surface area contributed by atoms with Gasteiger partial charge in [-0.25, -0.2) is 0 Å². The van der Waals surface area contributed by atoms with Gasteiger partial charge in [0.25, 0.3) is 0 Å². The van der Waals surface area contributed by atoms with E-state index in [1.165, 1.54) is 4.90 Å². The van der Waals surface area contributed by atoms with Gasteiger partial charge in [0.2, 0.25) is 5.91 Å². The van der Waals surface area contributed by atoms with Crippen molar-refractivity contribution in [3.8, 4) is 0 Å². The Bertz CT molecular complexity index is 493. The maximum absolute atomic E-state index is 12.3. The first-order valence-electron chi connectivity index (χ1n) is 6.83. The van der Waals surface area contributed by atoms with Crippen molar-refractivity contribution in [2.75, 3.05) is 19.6 Å². The van der Waals surface area contributed by atoms with Gasteiger partial charge in [-0.2, -0.15) is 18.3 Å². The maximum atomic E-state index is 12.3. The molecule has 0 aliphatic carbocycles. The molecule has 0 saturated carbocycles. The third-order valence-corrected chi connectivity index (χ3v) is 3.66. The van der Waals surface area contributed by atoms with Crippen LogP contribution < -0.4 is 5.32 Å². The van der Waals surface area contributed by atoms with Gasteiger partial charge in [0.1, 0.15) is 0 Å². The van der Waals surface area contributed by atoms with Crippen LogP contribution >= 0.6 is 0 Å². The van der Waals surface area contributed by atoms with E-state index in [2.05, 4.69) is 15.5 Å². The summed E-state index contributed by atoms with van der Waals surface area (Å²) in [4.78, 5) is 13.3. The van der Waals surface area contributed by atoms with E-state index in [1.807, 2.05) is 13.8 Å². The van der Waals surface area contributed by atoms with Gasteiger partial charge < -0.3 is 5.32 Å². The smallest absolute Gasteiger partial charge is 0.352 e. The fourth-order valence-electron chi connectivity index (χ4n) is 2.62. The Hall–Kier alpha value is -1.57. The molecule has 21 heavy (non-hydrogen) atoms. The molecule has 1 aliphatic rings. The summed E-state index contributed by atoms with van der Waals surface area (Å²) in [5.41, 5.74) is 2.46. The number of aryl methyl sites for hydroxylation is 2. The van der Waals surface area contributed by atoms with Crippen LogP contribution in [0.5, 0.6) is 0 Å². The molecule has 1 aromatic heterocycles. The molecule has 2 rings (SSSR count). The van der Waals surface area contributed by atoms with E-state index in [0.29, 0.717) is 13.0 Å². The number of aromatic amines is 1. The van der Waals surface area contributed by atoms with Crippen LogP contribution in [0.15, 0.2) is 0 Å². The fourth-order valence-corrected chi connectivity index (χ4v) is 2.62. The molecule has 2 N–H and O–H groups in total. The molecule has 0 bridgehead atoms. The summed E-state index contributed by atoms with van der Waals surface area (Å²) < 4.78 is 36.9. The van der Waals surface area contributed by atoms with Crippen LogP contribution in [0.3, 0.4) is 0 Å². The summed E-state index contributed by atoms with van der Waals surface area (Å²) in [7, 11) is 0. The number of aromatic nitrogens is 2. The number of nitrogens with one attached hydrogen (secondary N) is 2. The molecule has 2 heterocycles. The van der Waals surface area contributed by atoms with Crippen LogP contribution in [-0.2, 0) is 11.2 Å². The van der Waals surface area contributed by atoms with Gasteiger partial charge >= 0.3 is 6.18 Å². The molecule has 1 aliphatic heterocycles. The van der Waals surface area contributed by atoms with Crippen LogP contribution in [0.4, 0.5) is 13.2 Å². The highest BCUT2D eigenvalue weighted by atomic mass is 19.4. The Morgan fingerprint density at radius 1 is 1.48 bits per heavy atom. The Kier molecular flexibility index (Phi) is 4.55. The van der Waals surface area contributed by atoms with Crippen molar-refractivity contribution >= 4 is 5.91 Å². The van der Waals surface area contributed by atoms with Gasteiger partial charge in [-0.1, -0.05) is 0 Å². The van der Waals surface area contributed by atoms with Crippen molar-refractivity contribution < 1.29 is 18.0 Å². The number of carbonyl (C=O) groups excluding carboxylic acids is 1. The van der Waals surface area contributed by atoms with Crippen molar-refractivity contribution in [2.24, 2.45) is 0 Å². The lowest BCUT2D eigenvalue weighted by atomic mass is 10.1. The quantitative estimate of drug-likeness (QED) is 0.882. The first-order chi connectivity index (χ1) is 9.74. The average molecular weight is 304 g/mol. The Morgan fingerprint density at radius 2 is 2.19 bits per heavy atom. The second kappa shape index (κ2) is 6.05. The minimum atomic E-state index is -4.19. The summed E-state index contributed by atoms with van der Waals surface area (Å²) in [6.45, 7) is 3.33. The molecule has 1 fully saturated rings. The van der Waals surface area contributed by atoms with E-state index in [4.69, 9.17) is 0 Å². The Morgan fingerprint density at radius 3 is 2.76 bits per heavy atom. The van der Waals surface area contributed by atoms with Crippen LogP contribution in [0.25, 0.3) is 0 Å². The van der Waals surface area contributed by atoms with Crippen molar-refractivity contribution in [1.29, 1.82) is 0 Å². The molecule has 5 nitrogen and oxygen atoms in total. The maximum Gasteiger partial charge on any atom is 0.401 e. The van der Waals surface area contributed by atoms with Crippen molar-refractivity contribution in [2.45, 2.75) is 38.9 Å². The van der Waals surface area contributed by atoms with E-state index in [-0.39, 0.29) is 24.9 Å². The second-order valence-corrected chi connectivity index (χ2v) is 5.49. The highest BCUT2D eigenvalue weighted by Crippen LogP contribution is 2.20. The predicted molar refractivity (Wildman–Crippen MR) is 70.8 cm³/mol. The number of H-pyrrole nitrogens is 1. The lowest BCUT2D eigenvalue weighted by Gasteiger charge is -2.18. The molecule has 118 valence electrons. The number of hydrogen-bond donors (Lipinski definition) is 2. The van der Waals surface area contributed by atoms with Crippen LogP contribution in [-0.4, -0.2) is 52.9 Å². The van der Waals surface area contributed by atoms with Crippen LogP contribution in [0, 0.1) is 13.8 Å². The largest absolute Gasteiger partial charge is 0.401 e.